The predicted octanol–water partition coefficient (Wildman–Crippen LogP) is 1.95. The van der Waals surface area contributed by atoms with Crippen LogP contribution in [0.15, 0.2) is 30.5 Å². The second-order valence-electron chi connectivity index (χ2n) is 5.30. The van der Waals surface area contributed by atoms with Crippen molar-refractivity contribution in [2.75, 3.05) is 11.4 Å². The number of hydrogen-bond acceptors (Lipinski definition) is 3. The number of fused-ring (bicyclic) bond motifs is 1. The number of carbonyl (C=O) groups excluding carboxylic acids is 1. The van der Waals surface area contributed by atoms with Gasteiger partial charge in [0.25, 0.3) is 0 Å². The van der Waals surface area contributed by atoms with Crippen LogP contribution < -0.4 is 10.6 Å². The summed E-state index contributed by atoms with van der Waals surface area (Å²) in [5.41, 5.74) is 8.81. The molecule has 0 aliphatic carbocycles. The van der Waals surface area contributed by atoms with E-state index in [-0.39, 0.29) is 11.9 Å². The average Bonchev–Trinajstić information content (AvgIpc) is 3.11. The lowest BCUT2D eigenvalue weighted by Gasteiger charge is -2.24. The van der Waals surface area contributed by atoms with Gasteiger partial charge in [-0.2, -0.15) is 0 Å². The van der Waals surface area contributed by atoms with E-state index in [4.69, 9.17) is 5.73 Å². The molecule has 2 aromatic rings. The Kier molecular flexibility index (Phi) is 3.75. The Labute approximate surface area is 124 Å². The number of imidazole rings is 1. The SMILES string of the molecule is CCc1cnc(C2Cc3ccccc3N2C(=O)CCN)[nH]1. The van der Waals surface area contributed by atoms with E-state index >= 15 is 0 Å². The molecule has 1 amide bonds. The minimum Gasteiger partial charge on any atom is -0.344 e. The van der Waals surface area contributed by atoms with Gasteiger partial charge in [0.15, 0.2) is 0 Å². The molecular weight excluding hydrogens is 264 g/mol. The average molecular weight is 284 g/mol. The number of amides is 1. The van der Waals surface area contributed by atoms with Crippen LogP contribution >= 0.6 is 0 Å². The van der Waals surface area contributed by atoms with Gasteiger partial charge in [0.1, 0.15) is 5.82 Å². The van der Waals surface area contributed by atoms with E-state index < -0.39 is 0 Å². The highest BCUT2D eigenvalue weighted by atomic mass is 16.2. The van der Waals surface area contributed by atoms with Crippen LogP contribution in [0.1, 0.15) is 36.5 Å². The predicted molar refractivity (Wildman–Crippen MR) is 82.0 cm³/mol. The summed E-state index contributed by atoms with van der Waals surface area (Å²) in [5, 5.41) is 0. The number of benzene rings is 1. The van der Waals surface area contributed by atoms with E-state index in [2.05, 4.69) is 23.0 Å². The summed E-state index contributed by atoms with van der Waals surface area (Å²) in [6.45, 7) is 2.45. The fourth-order valence-electron chi connectivity index (χ4n) is 2.88. The Morgan fingerprint density at radius 3 is 3.00 bits per heavy atom. The van der Waals surface area contributed by atoms with E-state index in [0.717, 1.165) is 30.0 Å². The highest BCUT2D eigenvalue weighted by molar-refractivity contribution is 5.96. The van der Waals surface area contributed by atoms with Crippen LogP contribution in [0, 0.1) is 0 Å². The Balaban J connectivity index is 1.98. The third-order valence-electron chi connectivity index (χ3n) is 3.95. The topological polar surface area (TPSA) is 75.0 Å². The number of aromatic amines is 1. The van der Waals surface area contributed by atoms with Crippen LogP contribution in [0.25, 0.3) is 0 Å². The van der Waals surface area contributed by atoms with Crippen molar-refractivity contribution in [2.24, 2.45) is 5.73 Å². The number of nitrogens with two attached hydrogens (primary N) is 1. The van der Waals surface area contributed by atoms with Crippen molar-refractivity contribution in [3.05, 3.63) is 47.5 Å². The lowest BCUT2D eigenvalue weighted by Crippen LogP contribution is -2.34. The molecule has 3 rings (SSSR count). The summed E-state index contributed by atoms with van der Waals surface area (Å²) in [6, 6.07) is 7.98. The molecule has 0 saturated heterocycles. The molecule has 0 spiro atoms. The molecule has 1 aromatic heterocycles. The summed E-state index contributed by atoms with van der Waals surface area (Å²) in [7, 11) is 0. The molecule has 0 saturated carbocycles. The minimum absolute atomic E-state index is 0.0539. The molecule has 5 heteroatoms. The molecule has 1 atom stereocenters. The molecule has 0 bridgehead atoms. The summed E-state index contributed by atoms with van der Waals surface area (Å²) in [5.74, 6) is 0.912. The fourth-order valence-corrected chi connectivity index (χ4v) is 2.88. The van der Waals surface area contributed by atoms with Gasteiger partial charge in [-0.3, -0.25) is 4.79 Å². The second kappa shape index (κ2) is 5.69. The Hall–Kier alpha value is -2.14. The van der Waals surface area contributed by atoms with E-state index in [1.165, 1.54) is 5.56 Å². The molecule has 1 aliphatic rings. The van der Waals surface area contributed by atoms with Gasteiger partial charge < -0.3 is 15.6 Å². The van der Waals surface area contributed by atoms with Gasteiger partial charge >= 0.3 is 0 Å². The van der Waals surface area contributed by atoms with Crippen LogP contribution in [0.2, 0.25) is 0 Å². The maximum atomic E-state index is 12.5. The quantitative estimate of drug-likeness (QED) is 0.901. The molecule has 2 heterocycles. The van der Waals surface area contributed by atoms with Crippen molar-refractivity contribution >= 4 is 11.6 Å². The van der Waals surface area contributed by atoms with Crippen molar-refractivity contribution in [3.63, 3.8) is 0 Å². The van der Waals surface area contributed by atoms with Gasteiger partial charge in [-0.15, -0.1) is 0 Å². The number of hydrogen-bond donors (Lipinski definition) is 2. The Morgan fingerprint density at radius 2 is 2.29 bits per heavy atom. The smallest absolute Gasteiger partial charge is 0.228 e. The lowest BCUT2D eigenvalue weighted by molar-refractivity contribution is -0.118. The van der Waals surface area contributed by atoms with Gasteiger partial charge in [-0.05, 0) is 18.1 Å². The molecule has 3 N–H and O–H groups in total. The summed E-state index contributed by atoms with van der Waals surface area (Å²) >= 11 is 0. The highest BCUT2D eigenvalue weighted by Crippen LogP contribution is 2.39. The van der Waals surface area contributed by atoms with Crippen molar-refractivity contribution in [3.8, 4) is 0 Å². The number of aryl methyl sites for hydroxylation is 1. The minimum atomic E-state index is -0.0539. The monoisotopic (exact) mass is 284 g/mol. The second-order valence-corrected chi connectivity index (χ2v) is 5.30. The largest absolute Gasteiger partial charge is 0.344 e. The maximum Gasteiger partial charge on any atom is 0.228 e. The van der Waals surface area contributed by atoms with Gasteiger partial charge in [-0.1, -0.05) is 25.1 Å². The third kappa shape index (κ3) is 2.45. The zero-order valence-corrected chi connectivity index (χ0v) is 12.2. The van der Waals surface area contributed by atoms with Crippen molar-refractivity contribution in [1.82, 2.24) is 9.97 Å². The van der Waals surface area contributed by atoms with Crippen LogP contribution in [0.5, 0.6) is 0 Å². The standard InChI is InChI=1S/C16H20N4O/c1-2-12-10-18-16(19-12)14-9-11-5-3-4-6-13(11)20(14)15(21)7-8-17/h3-6,10,14H,2,7-9,17H2,1H3,(H,18,19). The van der Waals surface area contributed by atoms with E-state index in [9.17, 15) is 4.79 Å². The van der Waals surface area contributed by atoms with Crippen LogP contribution in [0.3, 0.4) is 0 Å². The van der Waals surface area contributed by atoms with E-state index in [0.29, 0.717) is 13.0 Å². The van der Waals surface area contributed by atoms with Gasteiger partial charge in [0.05, 0.1) is 6.04 Å². The Bertz CT molecular complexity index is 649. The van der Waals surface area contributed by atoms with E-state index in [1.54, 1.807) is 0 Å². The summed E-state index contributed by atoms with van der Waals surface area (Å²) in [4.78, 5) is 22.1. The first-order chi connectivity index (χ1) is 10.2. The first kappa shape index (κ1) is 13.8. The van der Waals surface area contributed by atoms with Crippen molar-refractivity contribution in [2.45, 2.75) is 32.2 Å². The molecule has 1 aliphatic heterocycles. The number of carbonyl (C=O) groups is 1. The molecule has 0 radical (unpaired) electrons. The molecule has 21 heavy (non-hydrogen) atoms. The molecule has 5 nitrogen and oxygen atoms in total. The highest BCUT2D eigenvalue weighted by Gasteiger charge is 2.35. The first-order valence-electron chi connectivity index (χ1n) is 7.38. The number of nitrogens with zero attached hydrogens (tertiary/aromatic N) is 2. The molecule has 0 fully saturated rings. The number of rotatable bonds is 4. The zero-order chi connectivity index (χ0) is 14.8. The van der Waals surface area contributed by atoms with Gasteiger partial charge in [-0.25, -0.2) is 4.98 Å². The summed E-state index contributed by atoms with van der Waals surface area (Å²) in [6.07, 6.45) is 3.91. The number of anilines is 1. The fraction of sp³-hybridized carbons (Fsp3) is 0.375. The lowest BCUT2D eigenvalue weighted by atomic mass is 10.1. The molecular formula is C16H20N4O. The normalized spacial score (nSPS) is 17.0. The summed E-state index contributed by atoms with van der Waals surface area (Å²) < 4.78 is 0. The van der Waals surface area contributed by atoms with Crippen LogP contribution in [-0.2, 0) is 17.6 Å². The number of H-pyrrole nitrogens is 1. The Morgan fingerprint density at radius 1 is 1.48 bits per heavy atom. The van der Waals surface area contributed by atoms with Crippen molar-refractivity contribution in [1.29, 1.82) is 0 Å². The zero-order valence-electron chi connectivity index (χ0n) is 12.2. The maximum absolute atomic E-state index is 12.5. The van der Waals surface area contributed by atoms with Crippen LogP contribution in [0.4, 0.5) is 5.69 Å². The number of para-hydroxylation sites is 1. The van der Waals surface area contributed by atoms with E-state index in [1.807, 2.05) is 29.3 Å². The van der Waals surface area contributed by atoms with Gasteiger partial charge in [0, 0.05) is 37.0 Å². The van der Waals surface area contributed by atoms with Gasteiger partial charge in [0.2, 0.25) is 5.91 Å². The molecule has 110 valence electrons. The number of nitrogens with one attached hydrogen (secondary N) is 1. The first-order valence-corrected chi connectivity index (χ1v) is 7.38. The van der Waals surface area contributed by atoms with Crippen molar-refractivity contribution < 1.29 is 4.79 Å². The third-order valence-corrected chi connectivity index (χ3v) is 3.95. The molecule has 1 aromatic carbocycles. The molecule has 1 unspecified atom stereocenters. The number of aromatic nitrogens is 2. The van der Waals surface area contributed by atoms with Crippen LogP contribution in [-0.4, -0.2) is 22.4 Å².